The summed E-state index contributed by atoms with van der Waals surface area (Å²) in [4.78, 5) is 0. The molecule has 1 aromatic carbocycles. The average molecular weight is 357 g/mol. The Hall–Kier alpha value is -2.58. The molecule has 26 heavy (non-hydrogen) atoms. The van der Waals surface area contributed by atoms with Gasteiger partial charge in [0.25, 0.3) is 0 Å². The molecule has 7 nitrogen and oxygen atoms in total. The lowest BCUT2D eigenvalue weighted by Gasteiger charge is -2.12. The van der Waals surface area contributed by atoms with Crippen LogP contribution in [0.2, 0.25) is 0 Å². The Morgan fingerprint density at radius 3 is 2.88 bits per heavy atom. The summed E-state index contributed by atoms with van der Waals surface area (Å²) in [6.07, 6.45) is 1.82. The van der Waals surface area contributed by atoms with Crippen molar-refractivity contribution in [2.45, 2.75) is 18.9 Å². The van der Waals surface area contributed by atoms with Crippen LogP contribution in [0.4, 0.5) is 10.2 Å². The molecule has 1 atom stereocenters. The molecule has 1 fully saturated rings. The number of rotatable bonds is 8. The number of hydrogen-bond donors (Lipinski definition) is 2. The second-order valence-corrected chi connectivity index (χ2v) is 6.51. The lowest BCUT2D eigenvalue weighted by molar-refractivity contribution is 0.0385. The van der Waals surface area contributed by atoms with Crippen molar-refractivity contribution < 1.29 is 14.2 Å². The van der Waals surface area contributed by atoms with E-state index in [-0.39, 0.29) is 5.82 Å². The number of aliphatic hydroxyl groups excluding tert-OH is 1. The van der Waals surface area contributed by atoms with Gasteiger partial charge >= 0.3 is 0 Å². The molecule has 0 saturated heterocycles. The van der Waals surface area contributed by atoms with Crippen LogP contribution in [-0.4, -0.2) is 50.8 Å². The Morgan fingerprint density at radius 1 is 1.23 bits per heavy atom. The van der Waals surface area contributed by atoms with Gasteiger partial charge in [-0.2, -0.15) is 4.52 Å². The standard InChI is InChI=1S/C18H20FN5O2/c19-15-4-2-1-3-14(15)18-22-21-17-8-7-16(23-24(17)18)20-9-13(25)11-26-10-12-5-6-12/h1-4,7-8,12-13,25H,5-6,9-11H2,(H,20,23)/t13-/m0/s1. The summed E-state index contributed by atoms with van der Waals surface area (Å²) in [6, 6.07) is 9.84. The predicted molar refractivity (Wildman–Crippen MR) is 94.2 cm³/mol. The molecule has 0 bridgehead atoms. The Labute approximate surface area is 149 Å². The van der Waals surface area contributed by atoms with Crippen molar-refractivity contribution in [3.63, 3.8) is 0 Å². The van der Waals surface area contributed by atoms with Crippen molar-refractivity contribution in [3.05, 3.63) is 42.2 Å². The predicted octanol–water partition coefficient (Wildman–Crippen LogP) is 2.13. The molecule has 2 aromatic heterocycles. The van der Waals surface area contributed by atoms with Crippen molar-refractivity contribution in [2.75, 3.05) is 25.1 Å². The second kappa shape index (κ2) is 7.35. The maximum absolute atomic E-state index is 14.0. The van der Waals surface area contributed by atoms with Gasteiger partial charge in [0, 0.05) is 13.2 Å². The first-order chi connectivity index (χ1) is 12.7. The van der Waals surface area contributed by atoms with Crippen LogP contribution in [0.3, 0.4) is 0 Å². The van der Waals surface area contributed by atoms with E-state index in [0.29, 0.717) is 48.5 Å². The quantitative estimate of drug-likeness (QED) is 0.642. The van der Waals surface area contributed by atoms with E-state index in [1.165, 1.54) is 23.4 Å². The van der Waals surface area contributed by atoms with E-state index < -0.39 is 6.10 Å². The van der Waals surface area contributed by atoms with Gasteiger partial charge in [0.05, 0.1) is 18.3 Å². The molecule has 2 heterocycles. The number of aliphatic hydroxyl groups is 1. The fourth-order valence-electron chi connectivity index (χ4n) is 2.63. The van der Waals surface area contributed by atoms with Gasteiger partial charge in [-0.05, 0) is 43.0 Å². The van der Waals surface area contributed by atoms with Crippen LogP contribution in [0.1, 0.15) is 12.8 Å². The Morgan fingerprint density at radius 2 is 2.08 bits per heavy atom. The maximum atomic E-state index is 14.0. The smallest absolute Gasteiger partial charge is 0.188 e. The monoisotopic (exact) mass is 357 g/mol. The van der Waals surface area contributed by atoms with Crippen LogP contribution >= 0.6 is 0 Å². The molecule has 1 aliphatic carbocycles. The van der Waals surface area contributed by atoms with Gasteiger partial charge in [0.2, 0.25) is 0 Å². The third kappa shape index (κ3) is 3.81. The van der Waals surface area contributed by atoms with Crippen molar-refractivity contribution >= 4 is 11.5 Å². The van der Waals surface area contributed by atoms with Gasteiger partial charge in [-0.25, -0.2) is 4.39 Å². The highest BCUT2D eigenvalue weighted by Gasteiger charge is 2.21. The van der Waals surface area contributed by atoms with Crippen molar-refractivity contribution in [3.8, 4) is 11.4 Å². The summed E-state index contributed by atoms with van der Waals surface area (Å²) < 4.78 is 21.0. The molecule has 0 amide bonds. The molecule has 136 valence electrons. The van der Waals surface area contributed by atoms with Gasteiger partial charge in [0.15, 0.2) is 11.5 Å². The third-order valence-electron chi connectivity index (χ3n) is 4.26. The lowest BCUT2D eigenvalue weighted by Crippen LogP contribution is -2.25. The number of aromatic nitrogens is 4. The van der Waals surface area contributed by atoms with Crippen LogP contribution in [0.5, 0.6) is 0 Å². The van der Waals surface area contributed by atoms with Crippen LogP contribution in [0.15, 0.2) is 36.4 Å². The van der Waals surface area contributed by atoms with E-state index in [1.807, 2.05) is 0 Å². The molecule has 0 unspecified atom stereocenters. The number of hydrogen-bond acceptors (Lipinski definition) is 6. The first-order valence-electron chi connectivity index (χ1n) is 8.68. The zero-order valence-electron chi connectivity index (χ0n) is 14.2. The Balaban J connectivity index is 1.44. The molecule has 4 rings (SSSR count). The van der Waals surface area contributed by atoms with Gasteiger partial charge in [-0.1, -0.05) is 12.1 Å². The summed E-state index contributed by atoms with van der Waals surface area (Å²) in [6.45, 7) is 1.31. The van der Waals surface area contributed by atoms with Crippen molar-refractivity contribution in [1.82, 2.24) is 19.8 Å². The lowest BCUT2D eigenvalue weighted by atomic mass is 10.2. The summed E-state index contributed by atoms with van der Waals surface area (Å²) in [5.74, 6) is 1.15. The first-order valence-corrected chi connectivity index (χ1v) is 8.68. The van der Waals surface area contributed by atoms with Crippen molar-refractivity contribution in [1.29, 1.82) is 0 Å². The van der Waals surface area contributed by atoms with Gasteiger partial charge < -0.3 is 15.2 Å². The highest BCUT2D eigenvalue weighted by Crippen LogP contribution is 2.28. The third-order valence-corrected chi connectivity index (χ3v) is 4.26. The second-order valence-electron chi connectivity index (χ2n) is 6.51. The number of nitrogens with zero attached hydrogens (tertiary/aromatic N) is 4. The molecule has 0 aliphatic heterocycles. The highest BCUT2D eigenvalue weighted by atomic mass is 19.1. The van der Waals surface area contributed by atoms with Crippen LogP contribution in [0.25, 0.3) is 17.0 Å². The van der Waals surface area contributed by atoms with E-state index in [0.717, 1.165) is 0 Å². The first kappa shape index (κ1) is 16.9. The normalized spacial score (nSPS) is 15.3. The summed E-state index contributed by atoms with van der Waals surface area (Å²) in [5.41, 5.74) is 0.847. The van der Waals surface area contributed by atoms with Crippen molar-refractivity contribution in [2.24, 2.45) is 5.92 Å². The molecule has 1 aliphatic rings. The summed E-state index contributed by atoms with van der Waals surface area (Å²) >= 11 is 0. The Bertz CT molecular complexity index is 896. The summed E-state index contributed by atoms with van der Waals surface area (Å²) in [7, 11) is 0. The molecular weight excluding hydrogens is 337 g/mol. The number of ether oxygens (including phenoxy) is 1. The SMILES string of the molecule is O[C@@H](CNc1ccc2nnc(-c3ccccc3F)n2n1)COCC1CC1. The highest BCUT2D eigenvalue weighted by molar-refractivity contribution is 5.60. The number of nitrogens with one attached hydrogen (secondary N) is 1. The molecule has 0 spiro atoms. The Kier molecular flexibility index (Phi) is 4.77. The zero-order chi connectivity index (χ0) is 17.9. The molecule has 2 N–H and O–H groups in total. The summed E-state index contributed by atoms with van der Waals surface area (Å²) in [5, 5.41) is 25.5. The van der Waals surface area contributed by atoms with Gasteiger partial charge in [-0.3, -0.25) is 0 Å². The number of halogens is 1. The maximum Gasteiger partial charge on any atom is 0.188 e. The molecule has 3 aromatic rings. The number of benzene rings is 1. The van der Waals surface area contributed by atoms with Gasteiger partial charge in [0.1, 0.15) is 11.6 Å². The van der Waals surface area contributed by atoms with E-state index in [4.69, 9.17) is 4.74 Å². The molecule has 1 saturated carbocycles. The largest absolute Gasteiger partial charge is 0.389 e. The van der Waals surface area contributed by atoms with E-state index in [1.54, 1.807) is 30.3 Å². The molecule has 8 heteroatoms. The fourth-order valence-corrected chi connectivity index (χ4v) is 2.63. The topological polar surface area (TPSA) is 84.6 Å². The van der Waals surface area contributed by atoms with E-state index in [2.05, 4.69) is 20.6 Å². The van der Waals surface area contributed by atoms with Gasteiger partial charge in [-0.15, -0.1) is 15.3 Å². The minimum Gasteiger partial charge on any atom is -0.389 e. The number of fused-ring (bicyclic) bond motifs is 1. The minimum absolute atomic E-state index is 0.291. The molecular formula is C18H20FN5O2. The fraction of sp³-hybridized carbons (Fsp3) is 0.389. The number of anilines is 1. The molecule has 0 radical (unpaired) electrons. The van der Waals surface area contributed by atoms with E-state index >= 15 is 0 Å². The van der Waals surface area contributed by atoms with Crippen LogP contribution in [0, 0.1) is 11.7 Å². The van der Waals surface area contributed by atoms with Crippen LogP contribution in [-0.2, 0) is 4.74 Å². The minimum atomic E-state index is -0.627. The van der Waals surface area contributed by atoms with Crippen LogP contribution < -0.4 is 5.32 Å². The average Bonchev–Trinajstić information content (AvgIpc) is 3.38. The zero-order valence-corrected chi connectivity index (χ0v) is 14.2. The van der Waals surface area contributed by atoms with E-state index in [9.17, 15) is 9.50 Å².